The zero-order valence-corrected chi connectivity index (χ0v) is 14.8. The Morgan fingerprint density at radius 2 is 1.88 bits per heavy atom. The molecule has 0 radical (unpaired) electrons. The van der Waals surface area contributed by atoms with E-state index in [2.05, 4.69) is 22.3 Å². The number of benzene rings is 2. The van der Waals surface area contributed by atoms with E-state index in [0.717, 1.165) is 17.7 Å². The van der Waals surface area contributed by atoms with Gasteiger partial charge >= 0.3 is 0 Å². The van der Waals surface area contributed by atoms with Gasteiger partial charge in [-0.2, -0.15) is 0 Å². The third kappa shape index (κ3) is 3.23. The predicted octanol–water partition coefficient (Wildman–Crippen LogP) is 3.35. The fraction of sp³-hybridized carbons (Fsp3) is 0.476. The van der Waals surface area contributed by atoms with Gasteiger partial charge in [0, 0.05) is 12.1 Å². The number of hydrogen-bond donors (Lipinski definition) is 1. The topological polar surface area (TPSA) is 41.6 Å². The number of fused-ring (bicyclic) bond motifs is 2. The van der Waals surface area contributed by atoms with Crippen molar-refractivity contribution in [3.63, 3.8) is 0 Å². The summed E-state index contributed by atoms with van der Waals surface area (Å²) in [4.78, 5) is 15.1. The Bertz CT molecular complexity index is 763. The lowest BCUT2D eigenvalue weighted by molar-refractivity contribution is -0.127. The lowest BCUT2D eigenvalue weighted by Gasteiger charge is -2.32. The van der Waals surface area contributed by atoms with Crippen LogP contribution in [0.5, 0.6) is 5.75 Å². The van der Waals surface area contributed by atoms with Crippen molar-refractivity contribution >= 4 is 16.7 Å². The monoisotopic (exact) mass is 338 g/mol. The summed E-state index contributed by atoms with van der Waals surface area (Å²) in [7, 11) is 0. The maximum absolute atomic E-state index is 12.5. The van der Waals surface area contributed by atoms with E-state index in [-0.39, 0.29) is 11.4 Å². The fourth-order valence-electron chi connectivity index (χ4n) is 4.41. The minimum absolute atomic E-state index is 0.0266. The highest BCUT2D eigenvalue weighted by Crippen LogP contribution is 2.38. The average Bonchev–Trinajstić information content (AvgIpc) is 3.19. The Kier molecular flexibility index (Phi) is 4.38. The van der Waals surface area contributed by atoms with Crippen LogP contribution >= 0.6 is 0 Å². The minimum atomic E-state index is -0.492. The minimum Gasteiger partial charge on any atom is -0.481 e. The lowest BCUT2D eigenvalue weighted by Crippen LogP contribution is -2.50. The third-order valence-electron chi connectivity index (χ3n) is 5.81. The van der Waals surface area contributed by atoms with Gasteiger partial charge in [-0.1, -0.05) is 30.3 Å². The fourth-order valence-corrected chi connectivity index (χ4v) is 4.41. The van der Waals surface area contributed by atoms with E-state index in [1.54, 1.807) is 0 Å². The molecule has 2 saturated heterocycles. The molecule has 2 fully saturated rings. The number of carbonyl (C=O) groups is 1. The van der Waals surface area contributed by atoms with Gasteiger partial charge in [0.05, 0.1) is 0 Å². The van der Waals surface area contributed by atoms with Crippen LogP contribution < -0.4 is 10.1 Å². The van der Waals surface area contributed by atoms with Gasteiger partial charge in [-0.25, -0.2) is 0 Å². The summed E-state index contributed by atoms with van der Waals surface area (Å²) in [6.45, 7) is 4.93. The number of hydrogen-bond acceptors (Lipinski definition) is 3. The molecule has 0 spiro atoms. The summed E-state index contributed by atoms with van der Waals surface area (Å²) in [6, 6.07) is 14.1. The molecule has 2 aliphatic rings. The Balaban J connectivity index is 1.36. The molecule has 4 heteroatoms. The largest absolute Gasteiger partial charge is 0.481 e. The van der Waals surface area contributed by atoms with Gasteiger partial charge in [0.15, 0.2) is 6.10 Å². The highest BCUT2D eigenvalue weighted by molar-refractivity contribution is 5.84. The second-order valence-corrected chi connectivity index (χ2v) is 7.41. The van der Waals surface area contributed by atoms with E-state index in [9.17, 15) is 4.79 Å². The molecule has 4 rings (SSSR count). The van der Waals surface area contributed by atoms with E-state index < -0.39 is 6.10 Å². The standard InChI is InChI=1S/C21H26N2O2/c1-16(25-19-9-8-17-6-2-3-7-18(17)14-19)20(24)22-15-21-10-4-12-23(21)13-5-11-21/h2-3,6-9,14,16H,4-5,10-13,15H2,1H3,(H,22,24)/t16-/m1/s1. The van der Waals surface area contributed by atoms with Gasteiger partial charge in [-0.3, -0.25) is 9.69 Å². The van der Waals surface area contributed by atoms with Crippen LogP contribution in [-0.2, 0) is 4.79 Å². The molecule has 2 aromatic carbocycles. The van der Waals surface area contributed by atoms with Gasteiger partial charge in [-0.15, -0.1) is 0 Å². The molecular formula is C21H26N2O2. The van der Waals surface area contributed by atoms with Crippen LogP contribution in [0, 0.1) is 0 Å². The second-order valence-electron chi connectivity index (χ2n) is 7.41. The van der Waals surface area contributed by atoms with Crippen LogP contribution in [0.4, 0.5) is 0 Å². The molecule has 4 nitrogen and oxygen atoms in total. The normalized spacial score (nSPS) is 20.4. The smallest absolute Gasteiger partial charge is 0.260 e. The first-order chi connectivity index (χ1) is 12.2. The average molecular weight is 338 g/mol. The summed E-state index contributed by atoms with van der Waals surface area (Å²) >= 11 is 0. The van der Waals surface area contributed by atoms with Crippen molar-refractivity contribution in [3.05, 3.63) is 42.5 Å². The van der Waals surface area contributed by atoms with Gasteiger partial charge in [0.1, 0.15) is 5.75 Å². The van der Waals surface area contributed by atoms with Crippen molar-refractivity contribution in [1.29, 1.82) is 0 Å². The molecule has 2 aliphatic heterocycles. The van der Waals surface area contributed by atoms with Gasteiger partial charge in [0.2, 0.25) is 0 Å². The van der Waals surface area contributed by atoms with Crippen molar-refractivity contribution in [1.82, 2.24) is 10.2 Å². The Morgan fingerprint density at radius 3 is 2.64 bits per heavy atom. The summed E-state index contributed by atoms with van der Waals surface area (Å²) < 4.78 is 5.88. The first-order valence-corrected chi connectivity index (χ1v) is 9.35. The Labute approximate surface area is 149 Å². The first kappa shape index (κ1) is 16.4. The lowest BCUT2D eigenvalue weighted by atomic mass is 9.94. The van der Waals surface area contributed by atoms with Crippen molar-refractivity contribution in [2.45, 2.75) is 44.2 Å². The molecular weight excluding hydrogens is 312 g/mol. The maximum Gasteiger partial charge on any atom is 0.260 e. The van der Waals surface area contributed by atoms with Crippen molar-refractivity contribution in [3.8, 4) is 5.75 Å². The van der Waals surface area contributed by atoms with Crippen molar-refractivity contribution in [2.75, 3.05) is 19.6 Å². The van der Waals surface area contributed by atoms with Crippen LogP contribution in [0.25, 0.3) is 10.8 Å². The molecule has 0 aromatic heterocycles. The van der Waals surface area contributed by atoms with Gasteiger partial charge in [0.25, 0.3) is 5.91 Å². The number of rotatable bonds is 5. The molecule has 2 heterocycles. The number of nitrogens with zero attached hydrogens (tertiary/aromatic N) is 1. The Morgan fingerprint density at radius 1 is 1.16 bits per heavy atom. The third-order valence-corrected chi connectivity index (χ3v) is 5.81. The zero-order chi connectivity index (χ0) is 17.3. The van der Waals surface area contributed by atoms with Crippen LogP contribution in [-0.4, -0.2) is 42.1 Å². The quantitative estimate of drug-likeness (QED) is 0.909. The van der Waals surface area contributed by atoms with Crippen LogP contribution in [0.3, 0.4) is 0 Å². The molecule has 0 saturated carbocycles. The molecule has 1 atom stereocenters. The predicted molar refractivity (Wildman–Crippen MR) is 99.8 cm³/mol. The Hall–Kier alpha value is -2.07. The van der Waals surface area contributed by atoms with E-state index in [1.165, 1.54) is 44.2 Å². The van der Waals surface area contributed by atoms with Crippen LogP contribution in [0.2, 0.25) is 0 Å². The number of amides is 1. The molecule has 2 aromatic rings. The summed E-state index contributed by atoms with van der Waals surface area (Å²) in [5, 5.41) is 5.44. The molecule has 1 amide bonds. The van der Waals surface area contributed by atoms with Crippen LogP contribution in [0.15, 0.2) is 42.5 Å². The summed E-state index contributed by atoms with van der Waals surface area (Å²) in [5.41, 5.74) is 0.207. The molecule has 1 N–H and O–H groups in total. The van der Waals surface area contributed by atoms with E-state index in [4.69, 9.17) is 4.74 Å². The van der Waals surface area contributed by atoms with E-state index in [0.29, 0.717) is 0 Å². The molecule has 0 bridgehead atoms. The van der Waals surface area contributed by atoms with Gasteiger partial charge < -0.3 is 10.1 Å². The highest BCUT2D eigenvalue weighted by atomic mass is 16.5. The number of nitrogens with one attached hydrogen (secondary N) is 1. The second kappa shape index (κ2) is 6.68. The molecule has 0 unspecified atom stereocenters. The van der Waals surface area contributed by atoms with Crippen molar-refractivity contribution < 1.29 is 9.53 Å². The van der Waals surface area contributed by atoms with E-state index in [1.807, 2.05) is 37.3 Å². The van der Waals surface area contributed by atoms with Crippen molar-refractivity contribution in [2.24, 2.45) is 0 Å². The molecule has 25 heavy (non-hydrogen) atoms. The number of ether oxygens (including phenoxy) is 1. The van der Waals surface area contributed by atoms with E-state index >= 15 is 0 Å². The van der Waals surface area contributed by atoms with Crippen LogP contribution in [0.1, 0.15) is 32.6 Å². The number of carbonyl (C=O) groups excluding carboxylic acids is 1. The van der Waals surface area contributed by atoms with Gasteiger partial charge in [-0.05, 0) is 68.6 Å². The molecule has 0 aliphatic carbocycles. The zero-order valence-electron chi connectivity index (χ0n) is 14.8. The SMILES string of the molecule is C[C@@H](Oc1ccc2ccccc2c1)C(=O)NCC12CCCN1CCC2. The maximum atomic E-state index is 12.5. The first-order valence-electron chi connectivity index (χ1n) is 9.35. The summed E-state index contributed by atoms with van der Waals surface area (Å²) in [5.74, 6) is 0.712. The summed E-state index contributed by atoms with van der Waals surface area (Å²) in [6.07, 6.45) is 4.41. The molecule has 132 valence electrons. The highest BCUT2D eigenvalue weighted by Gasteiger charge is 2.44.